The molecule has 1 heterocycles. The molecule has 3 rings (SSSR count). The zero-order valence-electron chi connectivity index (χ0n) is 15.5. The first kappa shape index (κ1) is 19.9. The molecule has 1 aliphatic rings. The Hall–Kier alpha value is -2.85. The topological polar surface area (TPSA) is 59.4 Å². The second-order valence-corrected chi connectivity index (χ2v) is 7.39. The average Bonchev–Trinajstić information content (AvgIpc) is 2.71. The van der Waals surface area contributed by atoms with E-state index in [9.17, 15) is 14.4 Å². The van der Waals surface area contributed by atoms with Gasteiger partial charge in [-0.25, -0.2) is 4.39 Å². The van der Waals surface area contributed by atoms with Gasteiger partial charge < -0.3 is 15.1 Å². The molecule has 0 radical (unpaired) electrons. The van der Waals surface area contributed by atoms with Crippen molar-refractivity contribution in [2.75, 3.05) is 36.4 Å². The van der Waals surface area contributed by atoms with Gasteiger partial charge in [0, 0.05) is 48.2 Å². The highest BCUT2D eigenvalue weighted by Crippen LogP contribution is 2.21. The van der Waals surface area contributed by atoms with Crippen LogP contribution in [0.5, 0.6) is 0 Å². The molecule has 1 saturated heterocycles. The van der Waals surface area contributed by atoms with Crippen LogP contribution in [0.15, 0.2) is 58.7 Å². The highest BCUT2D eigenvalue weighted by atomic mass is 79.9. The van der Waals surface area contributed by atoms with E-state index in [-0.39, 0.29) is 17.3 Å². The van der Waals surface area contributed by atoms with E-state index in [4.69, 9.17) is 0 Å². The van der Waals surface area contributed by atoms with E-state index in [0.29, 0.717) is 26.2 Å². The first-order valence-corrected chi connectivity index (χ1v) is 9.70. The maximum Gasteiger partial charge on any atom is 0.266 e. The van der Waals surface area contributed by atoms with Gasteiger partial charge >= 0.3 is 0 Å². The van der Waals surface area contributed by atoms with E-state index in [1.165, 1.54) is 18.3 Å². The summed E-state index contributed by atoms with van der Waals surface area (Å²) in [6.45, 7) is 4.25. The van der Waals surface area contributed by atoms with Gasteiger partial charge in [0.2, 0.25) is 0 Å². The largest absolute Gasteiger partial charge is 0.368 e. The van der Waals surface area contributed by atoms with Gasteiger partial charge in [-0.15, -0.1) is 0 Å². The van der Waals surface area contributed by atoms with Crippen LogP contribution in [0, 0.1) is 24.1 Å². The number of amides is 1. The summed E-state index contributed by atoms with van der Waals surface area (Å²) in [7, 11) is 0. The van der Waals surface area contributed by atoms with E-state index in [1.807, 2.05) is 31.2 Å². The number of carbonyl (C=O) groups is 1. The summed E-state index contributed by atoms with van der Waals surface area (Å²) in [5.74, 6) is -0.558. The van der Waals surface area contributed by atoms with E-state index in [1.54, 1.807) is 17.0 Å². The highest BCUT2D eigenvalue weighted by Gasteiger charge is 2.23. The Morgan fingerprint density at radius 2 is 1.86 bits per heavy atom. The number of anilines is 2. The van der Waals surface area contributed by atoms with Crippen molar-refractivity contribution in [2.45, 2.75) is 6.92 Å². The summed E-state index contributed by atoms with van der Waals surface area (Å²) in [5, 5.41) is 12.4. The summed E-state index contributed by atoms with van der Waals surface area (Å²) in [5.41, 5.74) is 2.86. The molecule has 0 bridgehead atoms. The number of nitrogens with zero attached hydrogens (tertiary/aromatic N) is 3. The minimum absolute atomic E-state index is 0.0656. The Balaban J connectivity index is 1.61. The van der Waals surface area contributed by atoms with Crippen molar-refractivity contribution in [1.82, 2.24) is 4.90 Å². The second kappa shape index (κ2) is 8.89. The molecule has 2 aromatic rings. The van der Waals surface area contributed by atoms with E-state index in [0.717, 1.165) is 21.4 Å². The molecule has 0 saturated carbocycles. The van der Waals surface area contributed by atoms with Crippen LogP contribution in [-0.4, -0.2) is 37.0 Å². The molecule has 0 spiro atoms. The SMILES string of the molecule is Cc1cc(N/C=C(/C#N)C(=O)N2CCN(c3ccc(F)cc3)CC2)ccc1Br. The van der Waals surface area contributed by atoms with Crippen molar-refractivity contribution >= 4 is 33.2 Å². The number of carbonyl (C=O) groups excluding carboxylic acids is 1. The van der Waals surface area contributed by atoms with Crippen LogP contribution in [0.1, 0.15) is 5.56 Å². The maximum absolute atomic E-state index is 13.1. The van der Waals surface area contributed by atoms with Gasteiger partial charge in [0.1, 0.15) is 17.5 Å². The molecule has 1 N–H and O–H groups in total. The standard InChI is InChI=1S/C21H20BrFN4O/c1-15-12-18(4-7-20(15)22)25-14-16(13-24)21(28)27-10-8-26(9-11-27)19-5-2-17(23)3-6-19/h2-7,12,14,25H,8-11H2,1H3/b16-14-. The third-order valence-corrected chi connectivity index (χ3v) is 5.54. The molecule has 28 heavy (non-hydrogen) atoms. The van der Waals surface area contributed by atoms with Crippen molar-refractivity contribution in [1.29, 1.82) is 5.26 Å². The monoisotopic (exact) mass is 442 g/mol. The molecule has 7 heteroatoms. The predicted octanol–water partition coefficient (Wildman–Crippen LogP) is 4.06. The Morgan fingerprint density at radius 1 is 1.18 bits per heavy atom. The number of halogens is 2. The average molecular weight is 443 g/mol. The van der Waals surface area contributed by atoms with E-state index in [2.05, 4.69) is 26.1 Å². The van der Waals surface area contributed by atoms with Gasteiger partial charge in [-0.3, -0.25) is 4.79 Å². The van der Waals surface area contributed by atoms with Gasteiger partial charge in [0.25, 0.3) is 5.91 Å². The summed E-state index contributed by atoms with van der Waals surface area (Å²) >= 11 is 3.44. The lowest BCUT2D eigenvalue weighted by Crippen LogP contribution is -2.49. The maximum atomic E-state index is 13.1. The van der Waals surface area contributed by atoms with Gasteiger partial charge in [0.05, 0.1) is 0 Å². The number of rotatable bonds is 4. The Kier molecular flexibility index (Phi) is 6.32. The predicted molar refractivity (Wildman–Crippen MR) is 111 cm³/mol. The second-order valence-electron chi connectivity index (χ2n) is 6.53. The van der Waals surface area contributed by atoms with Crippen LogP contribution in [0.2, 0.25) is 0 Å². The van der Waals surface area contributed by atoms with Crippen molar-refractivity contribution in [3.05, 3.63) is 70.1 Å². The molecule has 0 unspecified atom stereocenters. The van der Waals surface area contributed by atoms with Crippen molar-refractivity contribution < 1.29 is 9.18 Å². The lowest BCUT2D eigenvalue weighted by Gasteiger charge is -2.36. The number of hydrogen-bond donors (Lipinski definition) is 1. The molecule has 5 nitrogen and oxygen atoms in total. The van der Waals surface area contributed by atoms with Gasteiger partial charge in [-0.2, -0.15) is 5.26 Å². The number of nitriles is 1. The molecular formula is C21H20BrFN4O. The number of piperazine rings is 1. The lowest BCUT2D eigenvalue weighted by atomic mass is 10.2. The molecule has 1 amide bonds. The normalized spacial score (nSPS) is 14.6. The van der Waals surface area contributed by atoms with Gasteiger partial charge in [-0.1, -0.05) is 15.9 Å². The van der Waals surface area contributed by atoms with Crippen LogP contribution in [0.25, 0.3) is 0 Å². The number of benzene rings is 2. The molecule has 1 aliphatic heterocycles. The molecular weight excluding hydrogens is 423 g/mol. The van der Waals surface area contributed by atoms with Crippen molar-refractivity contribution in [2.24, 2.45) is 0 Å². The minimum atomic E-state index is -0.289. The Labute approximate surface area is 172 Å². The lowest BCUT2D eigenvalue weighted by molar-refractivity contribution is -0.127. The molecule has 2 aromatic carbocycles. The quantitative estimate of drug-likeness (QED) is 0.572. The van der Waals surface area contributed by atoms with Crippen LogP contribution >= 0.6 is 15.9 Å². The molecule has 1 fully saturated rings. The van der Waals surface area contributed by atoms with Gasteiger partial charge in [-0.05, 0) is 55.0 Å². The highest BCUT2D eigenvalue weighted by molar-refractivity contribution is 9.10. The molecule has 0 atom stereocenters. The first-order valence-electron chi connectivity index (χ1n) is 8.90. The molecule has 0 aromatic heterocycles. The zero-order chi connectivity index (χ0) is 20.1. The molecule has 0 aliphatic carbocycles. The van der Waals surface area contributed by atoms with E-state index < -0.39 is 0 Å². The van der Waals surface area contributed by atoms with Crippen LogP contribution in [0.4, 0.5) is 15.8 Å². The van der Waals surface area contributed by atoms with Crippen molar-refractivity contribution in [3.8, 4) is 6.07 Å². The first-order chi connectivity index (χ1) is 13.5. The van der Waals surface area contributed by atoms with Crippen molar-refractivity contribution in [3.63, 3.8) is 0 Å². The number of aryl methyl sites for hydroxylation is 1. The summed E-state index contributed by atoms with van der Waals surface area (Å²) in [6, 6.07) is 14.0. The zero-order valence-corrected chi connectivity index (χ0v) is 17.0. The van der Waals surface area contributed by atoms with Crippen LogP contribution < -0.4 is 10.2 Å². The molecule has 144 valence electrons. The Bertz CT molecular complexity index is 928. The van der Waals surface area contributed by atoms with Gasteiger partial charge in [0.15, 0.2) is 0 Å². The van der Waals surface area contributed by atoms with E-state index >= 15 is 0 Å². The van der Waals surface area contributed by atoms with Crippen LogP contribution in [0.3, 0.4) is 0 Å². The third kappa shape index (κ3) is 4.70. The summed E-state index contributed by atoms with van der Waals surface area (Å²) < 4.78 is 14.1. The summed E-state index contributed by atoms with van der Waals surface area (Å²) in [4.78, 5) is 16.4. The third-order valence-electron chi connectivity index (χ3n) is 4.65. The Morgan fingerprint density at radius 3 is 2.46 bits per heavy atom. The smallest absolute Gasteiger partial charge is 0.266 e. The minimum Gasteiger partial charge on any atom is -0.368 e. The fourth-order valence-electron chi connectivity index (χ4n) is 3.02. The van der Waals surface area contributed by atoms with Crippen LogP contribution in [-0.2, 0) is 4.79 Å². The fourth-order valence-corrected chi connectivity index (χ4v) is 3.27. The number of hydrogen-bond acceptors (Lipinski definition) is 4. The summed E-state index contributed by atoms with van der Waals surface area (Å²) in [6.07, 6.45) is 1.46. The fraction of sp³-hybridized carbons (Fsp3) is 0.238. The number of nitrogens with one attached hydrogen (secondary N) is 1.